The number of nitrogens with zero attached hydrogens (tertiary/aromatic N) is 1. The lowest BCUT2D eigenvalue weighted by molar-refractivity contribution is 0.217. The molecule has 7 heteroatoms. The summed E-state index contributed by atoms with van der Waals surface area (Å²) in [7, 11) is -3.70. The standard InChI is InChI=1S/C19H25N3O3S/c1-5-22(6-2)19(23)20-16-10-12-17(13-11-16)26(24,25)21-18-9-7-8-14(3)15(18)4/h7-13,21H,5-6H2,1-4H3,(H,20,23). The highest BCUT2D eigenvalue weighted by Gasteiger charge is 2.16. The minimum atomic E-state index is -3.70. The molecule has 0 heterocycles. The number of hydrogen-bond acceptors (Lipinski definition) is 3. The van der Waals surface area contributed by atoms with Crippen LogP contribution in [0.4, 0.5) is 16.2 Å². The second-order valence-electron chi connectivity index (χ2n) is 5.98. The summed E-state index contributed by atoms with van der Waals surface area (Å²) in [6, 6.07) is 11.4. The fourth-order valence-electron chi connectivity index (χ4n) is 2.50. The lowest BCUT2D eigenvalue weighted by Gasteiger charge is -2.19. The number of aryl methyl sites for hydroxylation is 1. The molecule has 0 aliphatic heterocycles. The number of urea groups is 1. The smallest absolute Gasteiger partial charge is 0.321 e. The summed E-state index contributed by atoms with van der Waals surface area (Å²) in [6.07, 6.45) is 0. The van der Waals surface area contributed by atoms with Gasteiger partial charge in [0.2, 0.25) is 0 Å². The van der Waals surface area contributed by atoms with E-state index in [1.165, 1.54) is 12.1 Å². The molecule has 0 aliphatic carbocycles. The molecule has 0 fully saturated rings. The number of carbonyl (C=O) groups is 1. The molecular formula is C19H25N3O3S. The first-order chi connectivity index (χ1) is 12.3. The first-order valence-corrected chi connectivity index (χ1v) is 10.0. The van der Waals surface area contributed by atoms with E-state index >= 15 is 0 Å². The molecule has 2 rings (SSSR count). The molecule has 0 saturated carbocycles. The molecule has 2 aromatic carbocycles. The van der Waals surface area contributed by atoms with E-state index in [1.807, 2.05) is 39.8 Å². The summed E-state index contributed by atoms with van der Waals surface area (Å²) in [5.74, 6) is 0. The zero-order valence-corrected chi connectivity index (χ0v) is 16.4. The normalized spacial score (nSPS) is 11.1. The predicted octanol–water partition coefficient (Wildman–Crippen LogP) is 3.98. The second kappa shape index (κ2) is 8.23. The molecule has 26 heavy (non-hydrogen) atoms. The quantitative estimate of drug-likeness (QED) is 0.802. The van der Waals surface area contributed by atoms with Crippen molar-refractivity contribution < 1.29 is 13.2 Å². The summed E-state index contributed by atoms with van der Waals surface area (Å²) in [6.45, 7) is 8.82. The molecule has 2 N–H and O–H groups in total. The number of sulfonamides is 1. The van der Waals surface area contributed by atoms with Gasteiger partial charge in [0.05, 0.1) is 10.6 Å². The SMILES string of the molecule is CCN(CC)C(=O)Nc1ccc(S(=O)(=O)Nc2cccc(C)c2C)cc1. The molecule has 0 spiro atoms. The van der Waals surface area contributed by atoms with Crippen molar-refractivity contribution in [2.75, 3.05) is 23.1 Å². The Labute approximate surface area is 155 Å². The fourth-order valence-corrected chi connectivity index (χ4v) is 3.62. The van der Waals surface area contributed by atoms with Crippen molar-refractivity contribution in [2.45, 2.75) is 32.6 Å². The maximum atomic E-state index is 12.6. The van der Waals surface area contributed by atoms with Gasteiger partial charge in [-0.2, -0.15) is 0 Å². The summed E-state index contributed by atoms with van der Waals surface area (Å²) in [5, 5.41) is 2.76. The third-order valence-corrected chi connectivity index (χ3v) is 5.70. The zero-order chi connectivity index (χ0) is 19.3. The van der Waals surface area contributed by atoms with Crippen LogP contribution >= 0.6 is 0 Å². The van der Waals surface area contributed by atoms with Crippen molar-refractivity contribution >= 4 is 27.4 Å². The summed E-state index contributed by atoms with van der Waals surface area (Å²) >= 11 is 0. The molecule has 0 radical (unpaired) electrons. The summed E-state index contributed by atoms with van der Waals surface area (Å²) in [4.78, 5) is 13.8. The summed E-state index contributed by atoms with van der Waals surface area (Å²) < 4.78 is 27.8. The Morgan fingerprint density at radius 3 is 2.19 bits per heavy atom. The molecule has 6 nitrogen and oxygen atoms in total. The van der Waals surface area contributed by atoms with E-state index in [4.69, 9.17) is 0 Å². The number of benzene rings is 2. The van der Waals surface area contributed by atoms with Crippen LogP contribution in [0.1, 0.15) is 25.0 Å². The monoisotopic (exact) mass is 375 g/mol. The number of carbonyl (C=O) groups excluding carboxylic acids is 1. The van der Waals surface area contributed by atoms with Crippen molar-refractivity contribution in [2.24, 2.45) is 0 Å². The Morgan fingerprint density at radius 1 is 1.00 bits per heavy atom. The van der Waals surface area contributed by atoms with Gasteiger partial charge in [0, 0.05) is 18.8 Å². The molecular weight excluding hydrogens is 350 g/mol. The molecule has 0 bridgehead atoms. The van der Waals surface area contributed by atoms with Crippen molar-refractivity contribution in [3.8, 4) is 0 Å². The van der Waals surface area contributed by atoms with Crippen molar-refractivity contribution in [1.29, 1.82) is 0 Å². The van der Waals surface area contributed by atoms with Crippen LogP contribution in [0.2, 0.25) is 0 Å². The zero-order valence-electron chi connectivity index (χ0n) is 15.5. The lowest BCUT2D eigenvalue weighted by Crippen LogP contribution is -2.34. The van der Waals surface area contributed by atoms with E-state index < -0.39 is 10.0 Å². The highest BCUT2D eigenvalue weighted by Crippen LogP contribution is 2.23. The third-order valence-electron chi connectivity index (χ3n) is 4.32. The van der Waals surface area contributed by atoms with Gasteiger partial charge in [-0.3, -0.25) is 4.72 Å². The van der Waals surface area contributed by atoms with Crippen LogP contribution in [0.3, 0.4) is 0 Å². The molecule has 0 saturated heterocycles. The molecule has 2 aromatic rings. The highest BCUT2D eigenvalue weighted by molar-refractivity contribution is 7.92. The molecule has 2 amide bonds. The maximum Gasteiger partial charge on any atom is 0.321 e. The number of amides is 2. The van der Waals surface area contributed by atoms with Crippen molar-refractivity contribution in [3.63, 3.8) is 0 Å². The molecule has 0 unspecified atom stereocenters. The Balaban J connectivity index is 2.16. The van der Waals surface area contributed by atoms with E-state index in [-0.39, 0.29) is 10.9 Å². The van der Waals surface area contributed by atoms with E-state index in [2.05, 4.69) is 10.0 Å². The number of anilines is 2. The van der Waals surface area contributed by atoms with Gasteiger partial charge in [-0.15, -0.1) is 0 Å². The molecule has 0 aromatic heterocycles. The van der Waals surface area contributed by atoms with Gasteiger partial charge >= 0.3 is 6.03 Å². The Kier molecular flexibility index (Phi) is 6.26. The topological polar surface area (TPSA) is 78.5 Å². The first-order valence-electron chi connectivity index (χ1n) is 8.53. The average Bonchev–Trinajstić information content (AvgIpc) is 2.60. The number of rotatable bonds is 6. The predicted molar refractivity (Wildman–Crippen MR) is 105 cm³/mol. The Bertz CT molecular complexity index is 873. The second-order valence-corrected chi connectivity index (χ2v) is 7.66. The Hall–Kier alpha value is -2.54. The van der Waals surface area contributed by atoms with Crippen LogP contribution in [0, 0.1) is 13.8 Å². The number of hydrogen-bond donors (Lipinski definition) is 2. The molecule has 0 aliphatic rings. The van der Waals surface area contributed by atoms with Gasteiger partial charge < -0.3 is 10.2 Å². The van der Waals surface area contributed by atoms with E-state index in [9.17, 15) is 13.2 Å². The van der Waals surface area contributed by atoms with Crippen LogP contribution in [0.25, 0.3) is 0 Å². The van der Waals surface area contributed by atoms with Crippen LogP contribution in [-0.4, -0.2) is 32.4 Å². The largest absolute Gasteiger partial charge is 0.325 e. The van der Waals surface area contributed by atoms with Crippen LogP contribution in [0.5, 0.6) is 0 Å². The van der Waals surface area contributed by atoms with E-state index in [0.717, 1.165) is 11.1 Å². The van der Waals surface area contributed by atoms with Gasteiger partial charge in [-0.1, -0.05) is 12.1 Å². The average molecular weight is 375 g/mol. The van der Waals surface area contributed by atoms with Crippen LogP contribution in [0.15, 0.2) is 47.4 Å². The lowest BCUT2D eigenvalue weighted by atomic mass is 10.1. The van der Waals surface area contributed by atoms with E-state index in [0.29, 0.717) is 24.5 Å². The summed E-state index contributed by atoms with van der Waals surface area (Å²) in [5.41, 5.74) is 3.01. The number of nitrogens with one attached hydrogen (secondary N) is 2. The van der Waals surface area contributed by atoms with Gasteiger partial charge in [0.25, 0.3) is 10.0 Å². The van der Waals surface area contributed by atoms with Crippen LogP contribution in [-0.2, 0) is 10.0 Å². The van der Waals surface area contributed by atoms with Gasteiger partial charge in [0.15, 0.2) is 0 Å². The maximum absolute atomic E-state index is 12.6. The van der Waals surface area contributed by atoms with Crippen LogP contribution < -0.4 is 10.0 Å². The minimum Gasteiger partial charge on any atom is -0.325 e. The van der Waals surface area contributed by atoms with Crippen molar-refractivity contribution in [1.82, 2.24) is 4.90 Å². The van der Waals surface area contributed by atoms with Gasteiger partial charge in [-0.25, -0.2) is 13.2 Å². The van der Waals surface area contributed by atoms with Gasteiger partial charge in [-0.05, 0) is 69.2 Å². The third kappa shape index (κ3) is 4.54. The fraction of sp³-hybridized carbons (Fsp3) is 0.316. The highest BCUT2D eigenvalue weighted by atomic mass is 32.2. The van der Waals surface area contributed by atoms with Gasteiger partial charge in [0.1, 0.15) is 0 Å². The molecule has 140 valence electrons. The molecule has 0 atom stereocenters. The first kappa shape index (κ1) is 19.8. The van der Waals surface area contributed by atoms with Crippen molar-refractivity contribution in [3.05, 3.63) is 53.6 Å². The Morgan fingerprint density at radius 2 is 1.62 bits per heavy atom. The minimum absolute atomic E-state index is 0.138. The van der Waals surface area contributed by atoms with E-state index in [1.54, 1.807) is 23.1 Å².